The van der Waals surface area contributed by atoms with Gasteiger partial charge in [0.15, 0.2) is 0 Å². The van der Waals surface area contributed by atoms with E-state index in [0.29, 0.717) is 12.8 Å². The van der Waals surface area contributed by atoms with E-state index in [1.165, 1.54) is 5.06 Å². The molecular weight excluding hydrogens is 246 g/mol. The average Bonchev–Trinajstić information content (AvgIpc) is 2.21. The van der Waals surface area contributed by atoms with Gasteiger partial charge < -0.3 is 16.7 Å². The van der Waals surface area contributed by atoms with E-state index in [1.807, 2.05) is 27.7 Å². The number of nitrogens with two attached hydrogens (primary N) is 2. The van der Waals surface area contributed by atoms with Crippen molar-refractivity contribution in [2.75, 3.05) is 0 Å². The van der Waals surface area contributed by atoms with Crippen LogP contribution in [-0.4, -0.2) is 33.2 Å². The van der Waals surface area contributed by atoms with Crippen molar-refractivity contribution < 1.29 is 14.8 Å². The van der Waals surface area contributed by atoms with E-state index in [0.717, 1.165) is 0 Å². The Bertz CT molecular complexity index is 361. The van der Waals surface area contributed by atoms with Gasteiger partial charge in [-0.3, -0.25) is 9.59 Å². The van der Waals surface area contributed by atoms with Crippen molar-refractivity contribution >= 4 is 11.8 Å². The van der Waals surface area contributed by atoms with Crippen LogP contribution >= 0.6 is 0 Å². The van der Waals surface area contributed by atoms with Crippen LogP contribution in [0.4, 0.5) is 0 Å². The Hall–Kier alpha value is -1.14. The zero-order chi connectivity index (χ0) is 15.0. The molecule has 0 aromatic carbocycles. The molecule has 0 bridgehead atoms. The molecule has 1 heterocycles. The van der Waals surface area contributed by atoms with Gasteiger partial charge in [0.1, 0.15) is 0 Å². The van der Waals surface area contributed by atoms with Gasteiger partial charge in [0.05, 0.1) is 0 Å². The van der Waals surface area contributed by atoms with Crippen LogP contribution in [0.5, 0.6) is 0 Å². The second-order valence-corrected chi connectivity index (χ2v) is 6.78. The van der Waals surface area contributed by atoms with Crippen LogP contribution < -0.4 is 11.5 Å². The van der Waals surface area contributed by atoms with Gasteiger partial charge in [-0.1, -0.05) is 0 Å². The summed E-state index contributed by atoms with van der Waals surface area (Å²) in [4.78, 5) is 22.7. The van der Waals surface area contributed by atoms with Crippen molar-refractivity contribution in [3.63, 3.8) is 0 Å². The third-order valence-corrected chi connectivity index (χ3v) is 4.03. The SMILES string of the molecule is CC1(C)CC(C(CC(N)=O)C(N)=O)CC(C)(C)N1O. The third-order valence-electron chi connectivity index (χ3n) is 4.03. The monoisotopic (exact) mass is 271 g/mol. The standard InChI is InChI=1S/C13H25N3O3/c1-12(2)6-8(7-13(3,4)16(12)19)9(11(15)18)5-10(14)17/h8-9,19H,5-7H2,1-4H3,(H2,14,17)(H2,15,18). The highest BCUT2D eigenvalue weighted by molar-refractivity contribution is 5.84. The van der Waals surface area contributed by atoms with Gasteiger partial charge in [-0.25, -0.2) is 0 Å². The number of amides is 2. The molecule has 0 saturated carbocycles. The van der Waals surface area contributed by atoms with Crippen LogP contribution in [0.1, 0.15) is 47.0 Å². The van der Waals surface area contributed by atoms with Crippen LogP contribution in [0, 0.1) is 11.8 Å². The number of carbonyl (C=O) groups excluding carboxylic acids is 2. The Morgan fingerprint density at radius 3 is 1.95 bits per heavy atom. The zero-order valence-electron chi connectivity index (χ0n) is 12.1. The molecule has 1 saturated heterocycles. The highest BCUT2D eigenvalue weighted by Gasteiger charge is 2.48. The number of piperidine rings is 1. The van der Waals surface area contributed by atoms with Crippen LogP contribution in [0.15, 0.2) is 0 Å². The molecule has 110 valence electrons. The number of nitrogens with zero attached hydrogens (tertiary/aromatic N) is 1. The topological polar surface area (TPSA) is 110 Å². The molecule has 0 aromatic heterocycles. The molecule has 6 heteroatoms. The van der Waals surface area contributed by atoms with Crippen LogP contribution in [0.3, 0.4) is 0 Å². The molecule has 0 aliphatic carbocycles. The van der Waals surface area contributed by atoms with Crippen molar-refractivity contribution in [1.29, 1.82) is 0 Å². The number of rotatable bonds is 4. The van der Waals surface area contributed by atoms with Crippen LogP contribution in [0.2, 0.25) is 0 Å². The first-order chi connectivity index (χ1) is 8.47. The minimum atomic E-state index is -0.565. The maximum absolute atomic E-state index is 11.6. The van der Waals surface area contributed by atoms with E-state index < -0.39 is 28.8 Å². The predicted octanol–water partition coefficient (Wildman–Crippen LogP) is 0.622. The Morgan fingerprint density at radius 1 is 1.21 bits per heavy atom. The summed E-state index contributed by atoms with van der Waals surface area (Å²) in [6.45, 7) is 7.62. The smallest absolute Gasteiger partial charge is 0.221 e. The van der Waals surface area contributed by atoms with E-state index in [1.54, 1.807) is 0 Å². The van der Waals surface area contributed by atoms with Crippen molar-refractivity contribution in [2.24, 2.45) is 23.3 Å². The highest BCUT2D eigenvalue weighted by Crippen LogP contribution is 2.43. The van der Waals surface area contributed by atoms with Gasteiger partial charge in [-0.2, -0.15) is 5.06 Å². The minimum absolute atomic E-state index is 0.0302. The summed E-state index contributed by atoms with van der Waals surface area (Å²) in [6, 6.07) is 0. The quantitative estimate of drug-likeness (QED) is 0.696. The molecule has 19 heavy (non-hydrogen) atoms. The average molecular weight is 271 g/mol. The number of hydrogen-bond donors (Lipinski definition) is 3. The molecule has 1 aliphatic heterocycles. The van der Waals surface area contributed by atoms with Gasteiger partial charge in [0, 0.05) is 23.4 Å². The Kier molecular flexibility index (Phi) is 4.27. The molecule has 1 fully saturated rings. The number of hydrogen-bond acceptors (Lipinski definition) is 4. The second kappa shape index (κ2) is 5.09. The van der Waals surface area contributed by atoms with Gasteiger partial charge in [-0.15, -0.1) is 0 Å². The number of hydroxylamine groups is 2. The lowest BCUT2D eigenvalue weighted by atomic mass is 9.69. The highest BCUT2D eigenvalue weighted by atomic mass is 16.5. The number of carbonyl (C=O) groups is 2. The minimum Gasteiger partial charge on any atom is -0.370 e. The van der Waals surface area contributed by atoms with E-state index in [2.05, 4.69) is 0 Å². The molecule has 2 amide bonds. The van der Waals surface area contributed by atoms with Gasteiger partial charge in [-0.05, 0) is 46.5 Å². The normalized spacial score (nSPS) is 24.9. The lowest BCUT2D eigenvalue weighted by Crippen LogP contribution is -2.60. The fraction of sp³-hybridized carbons (Fsp3) is 0.846. The molecule has 1 atom stereocenters. The molecule has 1 rings (SSSR count). The molecule has 6 nitrogen and oxygen atoms in total. The summed E-state index contributed by atoms with van der Waals surface area (Å²) in [7, 11) is 0. The van der Waals surface area contributed by atoms with Crippen LogP contribution in [-0.2, 0) is 9.59 Å². The van der Waals surface area contributed by atoms with Crippen LogP contribution in [0.25, 0.3) is 0 Å². The summed E-state index contributed by atoms with van der Waals surface area (Å²) in [5.74, 6) is -1.64. The molecule has 0 radical (unpaired) electrons. The summed E-state index contributed by atoms with van der Waals surface area (Å²) in [5, 5.41) is 11.5. The number of primary amides is 2. The van der Waals surface area contributed by atoms with Crippen molar-refractivity contribution in [2.45, 2.75) is 58.0 Å². The maximum atomic E-state index is 11.6. The van der Waals surface area contributed by atoms with Gasteiger partial charge in [0.2, 0.25) is 11.8 Å². The summed E-state index contributed by atoms with van der Waals surface area (Å²) >= 11 is 0. The maximum Gasteiger partial charge on any atom is 0.221 e. The molecule has 5 N–H and O–H groups in total. The first-order valence-electron chi connectivity index (χ1n) is 6.54. The summed E-state index contributed by atoms with van der Waals surface area (Å²) in [5.41, 5.74) is 9.65. The molecule has 0 aromatic rings. The van der Waals surface area contributed by atoms with Crippen molar-refractivity contribution in [3.05, 3.63) is 0 Å². The molecule has 1 aliphatic rings. The van der Waals surface area contributed by atoms with Crippen molar-refractivity contribution in [1.82, 2.24) is 5.06 Å². The summed E-state index contributed by atoms with van der Waals surface area (Å²) < 4.78 is 0. The second-order valence-electron chi connectivity index (χ2n) is 6.78. The fourth-order valence-corrected chi connectivity index (χ4v) is 3.35. The first-order valence-corrected chi connectivity index (χ1v) is 6.54. The Balaban J connectivity index is 2.99. The Morgan fingerprint density at radius 2 is 1.63 bits per heavy atom. The molecule has 0 spiro atoms. The fourth-order valence-electron chi connectivity index (χ4n) is 3.35. The third kappa shape index (κ3) is 3.45. The molecular formula is C13H25N3O3. The van der Waals surface area contributed by atoms with Gasteiger partial charge >= 0.3 is 0 Å². The van der Waals surface area contributed by atoms with Gasteiger partial charge in [0.25, 0.3) is 0 Å². The van der Waals surface area contributed by atoms with E-state index in [-0.39, 0.29) is 12.3 Å². The van der Waals surface area contributed by atoms with Crippen molar-refractivity contribution in [3.8, 4) is 0 Å². The van der Waals surface area contributed by atoms with E-state index >= 15 is 0 Å². The summed E-state index contributed by atoms with van der Waals surface area (Å²) in [6.07, 6.45) is 1.15. The zero-order valence-corrected chi connectivity index (χ0v) is 12.1. The lowest BCUT2D eigenvalue weighted by molar-refractivity contribution is -0.253. The lowest BCUT2D eigenvalue weighted by Gasteiger charge is -2.52. The predicted molar refractivity (Wildman–Crippen MR) is 71.0 cm³/mol. The first kappa shape index (κ1) is 15.9. The molecule has 1 unspecified atom stereocenters. The Labute approximate surface area is 114 Å². The largest absolute Gasteiger partial charge is 0.370 e. The van der Waals surface area contributed by atoms with E-state index in [4.69, 9.17) is 11.5 Å². The van der Waals surface area contributed by atoms with E-state index in [9.17, 15) is 14.8 Å².